The van der Waals surface area contributed by atoms with Gasteiger partial charge in [0.05, 0.1) is 26.4 Å². The van der Waals surface area contributed by atoms with Crippen LogP contribution in [0, 0.1) is 0 Å². The molecule has 0 aromatic heterocycles. The molecule has 0 spiro atoms. The molecule has 0 bridgehead atoms. The fourth-order valence-electron chi connectivity index (χ4n) is 1.67. The van der Waals surface area contributed by atoms with E-state index >= 15 is 0 Å². The van der Waals surface area contributed by atoms with E-state index in [1.807, 2.05) is 0 Å². The Morgan fingerprint density at radius 2 is 1.95 bits per heavy atom. The summed E-state index contributed by atoms with van der Waals surface area (Å²) in [7, 11) is 2.72. The van der Waals surface area contributed by atoms with Crippen molar-refractivity contribution in [2.45, 2.75) is 13.0 Å². The minimum Gasteiger partial charge on any atom is -0.492 e. The maximum atomic E-state index is 11.5. The lowest BCUT2D eigenvalue weighted by Crippen LogP contribution is -2.16. The van der Waals surface area contributed by atoms with Crippen molar-refractivity contribution in [3.63, 3.8) is 0 Å². The number of esters is 1. The molecule has 1 atom stereocenters. The van der Waals surface area contributed by atoms with E-state index in [-0.39, 0.29) is 29.2 Å². The molecule has 0 saturated heterocycles. The minimum absolute atomic E-state index is 0.132. The van der Waals surface area contributed by atoms with Crippen LogP contribution >= 0.6 is 0 Å². The van der Waals surface area contributed by atoms with Gasteiger partial charge in [0, 0.05) is 5.56 Å². The van der Waals surface area contributed by atoms with Crippen molar-refractivity contribution in [3.05, 3.63) is 23.3 Å². The molecule has 1 rings (SSSR count). The maximum Gasteiger partial charge on any atom is 0.339 e. The Balaban J connectivity index is 3.28. The van der Waals surface area contributed by atoms with Crippen molar-refractivity contribution in [3.8, 4) is 11.5 Å². The highest BCUT2D eigenvalue weighted by Crippen LogP contribution is 2.37. The van der Waals surface area contributed by atoms with E-state index in [1.54, 1.807) is 6.92 Å². The number of hydrogen-bond acceptors (Lipinski definition) is 6. The van der Waals surface area contributed by atoms with E-state index in [0.29, 0.717) is 6.29 Å². The number of methoxy groups -OCH3 is 2. The number of carbonyl (C=O) groups is 2. The Kier molecular flexibility index (Phi) is 5.32. The van der Waals surface area contributed by atoms with Crippen LogP contribution in [0.3, 0.4) is 0 Å². The van der Waals surface area contributed by atoms with Crippen molar-refractivity contribution in [2.75, 3.05) is 20.8 Å². The Morgan fingerprint density at radius 1 is 1.32 bits per heavy atom. The fraction of sp³-hybridized carbons (Fsp3) is 0.385. The summed E-state index contributed by atoms with van der Waals surface area (Å²) in [4.78, 5) is 22.4. The molecular weight excluding hydrogens is 252 g/mol. The number of ether oxygens (including phenoxy) is 3. The zero-order valence-corrected chi connectivity index (χ0v) is 11.0. The van der Waals surface area contributed by atoms with Gasteiger partial charge < -0.3 is 19.3 Å². The number of carbonyl (C=O) groups excluding carboxylic acids is 2. The molecule has 0 fully saturated rings. The van der Waals surface area contributed by atoms with Gasteiger partial charge >= 0.3 is 5.97 Å². The quantitative estimate of drug-likeness (QED) is 0.615. The lowest BCUT2D eigenvalue weighted by molar-refractivity contribution is -0.153. The van der Waals surface area contributed by atoms with Crippen molar-refractivity contribution in [1.29, 1.82) is 0 Å². The molecule has 0 saturated carbocycles. The van der Waals surface area contributed by atoms with Gasteiger partial charge in [-0.3, -0.25) is 4.79 Å². The van der Waals surface area contributed by atoms with Gasteiger partial charge in [-0.1, -0.05) is 6.07 Å². The van der Waals surface area contributed by atoms with E-state index in [4.69, 9.17) is 14.2 Å². The minimum atomic E-state index is -1.50. The Morgan fingerprint density at radius 3 is 2.42 bits per heavy atom. The zero-order chi connectivity index (χ0) is 14.4. The highest BCUT2D eigenvalue weighted by atomic mass is 16.5. The van der Waals surface area contributed by atoms with Gasteiger partial charge in [-0.15, -0.1) is 0 Å². The molecular formula is C13H16O6. The predicted molar refractivity (Wildman–Crippen MR) is 66.5 cm³/mol. The first-order valence-corrected chi connectivity index (χ1v) is 5.65. The third kappa shape index (κ3) is 3.03. The molecule has 0 radical (unpaired) electrons. The van der Waals surface area contributed by atoms with Crippen molar-refractivity contribution in [2.24, 2.45) is 0 Å². The molecule has 0 amide bonds. The molecule has 1 N–H and O–H groups in total. The number of rotatable bonds is 6. The van der Waals surface area contributed by atoms with Crippen LogP contribution in [-0.2, 0) is 9.53 Å². The molecule has 6 heteroatoms. The van der Waals surface area contributed by atoms with Crippen LogP contribution in [0.5, 0.6) is 11.5 Å². The number of benzene rings is 1. The summed E-state index contributed by atoms with van der Waals surface area (Å²) in [5.74, 6) is -0.493. The van der Waals surface area contributed by atoms with Crippen LogP contribution < -0.4 is 9.47 Å². The Bertz CT molecular complexity index is 468. The van der Waals surface area contributed by atoms with Crippen molar-refractivity contribution in [1.82, 2.24) is 0 Å². The van der Waals surface area contributed by atoms with Gasteiger partial charge in [-0.2, -0.15) is 0 Å². The lowest BCUT2D eigenvalue weighted by atomic mass is 10.0. The van der Waals surface area contributed by atoms with Gasteiger partial charge in [-0.25, -0.2) is 4.79 Å². The van der Waals surface area contributed by atoms with E-state index in [1.165, 1.54) is 26.4 Å². The normalized spacial score (nSPS) is 11.6. The van der Waals surface area contributed by atoms with Gasteiger partial charge in [0.25, 0.3) is 0 Å². The van der Waals surface area contributed by atoms with Crippen LogP contribution in [0.1, 0.15) is 28.9 Å². The number of hydrogen-bond donors (Lipinski definition) is 1. The fourth-order valence-corrected chi connectivity index (χ4v) is 1.67. The molecule has 1 unspecified atom stereocenters. The molecule has 1 aromatic rings. The Labute approximate surface area is 110 Å². The lowest BCUT2D eigenvalue weighted by Gasteiger charge is -2.17. The van der Waals surface area contributed by atoms with E-state index in [2.05, 4.69) is 0 Å². The van der Waals surface area contributed by atoms with Crippen LogP contribution in [0.25, 0.3) is 0 Å². The van der Waals surface area contributed by atoms with Gasteiger partial charge in [0.15, 0.2) is 23.9 Å². The van der Waals surface area contributed by atoms with Gasteiger partial charge in [-0.05, 0) is 13.0 Å². The van der Waals surface area contributed by atoms with Gasteiger partial charge in [0.2, 0.25) is 0 Å². The molecule has 19 heavy (non-hydrogen) atoms. The van der Waals surface area contributed by atoms with Crippen molar-refractivity contribution < 1.29 is 28.9 Å². The number of aliphatic hydroxyl groups is 1. The third-order valence-electron chi connectivity index (χ3n) is 2.51. The summed E-state index contributed by atoms with van der Waals surface area (Å²) in [5.41, 5.74) is 0.447. The predicted octanol–water partition coefficient (Wildman–Crippen LogP) is 1.11. The second kappa shape index (κ2) is 6.75. The monoisotopic (exact) mass is 268 g/mol. The molecule has 0 aliphatic rings. The van der Waals surface area contributed by atoms with Crippen molar-refractivity contribution >= 4 is 12.3 Å². The largest absolute Gasteiger partial charge is 0.492 e. The summed E-state index contributed by atoms with van der Waals surface area (Å²) in [6.45, 7) is 1.79. The van der Waals surface area contributed by atoms with E-state index < -0.39 is 12.1 Å². The Hall–Kier alpha value is -2.08. The smallest absolute Gasteiger partial charge is 0.339 e. The average molecular weight is 268 g/mol. The summed E-state index contributed by atoms with van der Waals surface area (Å²) in [5, 5.41) is 9.92. The molecule has 1 aromatic carbocycles. The van der Waals surface area contributed by atoms with Gasteiger partial charge in [0.1, 0.15) is 0 Å². The highest BCUT2D eigenvalue weighted by Gasteiger charge is 2.26. The first kappa shape index (κ1) is 15.0. The SMILES string of the molecule is CCOC(=O)C(O)c1ccc(C=O)c(OC)c1OC. The number of aliphatic hydroxyl groups excluding tert-OH is 1. The number of aldehydes is 1. The van der Waals surface area contributed by atoms with E-state index in [9.17, 15) is 14.7 Å². The standard InChI is InChI=1S/C13H16O6/c1-4-19-13(16)10(15)9-6-5-8(7-14)11(17-2)12(9)18-3/h5-7,10,15H,4H2,1-3H3. The third-order valence-corrected chi connectivity index (χ3v) is 2.51. The summed E-state index contributed by atoms with van der Waals surface area (Å²) >= 11 is 0. The summed E-state index contributed by atoms with van der Waals surface area (Å²) in [6, 6.07) is 2.86. The first-order valence-electron chi connectivity index (χ1n) is 5.65. The second-order valence-corrected chi connectivity index (χ2v) is 3.58. The topological polar surface area (TPSA) is 82.1 Å². The maximum absolute atomic E-state index is 11.5. The molecule has 6 nitrogen and oxygen atoms in total. The summed E-state index contributed by atoms with van der Waals surface area (Å²) in [6.07, 6.45) is -0.897. The zero-order valence-electron chi connectivity index (χ0n) is 11.0. The molecule has 104 valence electrons. The van der Waals surface area contributed by atoms with E-state index in [0.717, 1.165) is 0 Å². The van der Waals surface area contributed by atoms with Crippen LogP contribution in [0.2, 0.25) is 0 Å². The highest BCUT2D eigenvalue weighted by molar-refractivity contribution is 5.84. The second-order valence-electron chi connectivity index (χ2n) is 3.58. The van der Waals surface area contributed by atoms with Crippen LogP contribution in [0.15, 0.2) is 12.1 Å². The summed E-state index contributed by atoms with van der Waals surface area (Å²) < 4.78 is 14.9. The molecule has 0 heterocycles. The molecule has 0 aliphatic heterocycles. The molecule has 0 aliphatic carbocycles. The first-order chi connectivity index (χ1) is 9.10. The van der Waals surface area contributed by atoms with Crippen LogP contribution in [-0.4, -0.2) is 38.2 Å². The average Bonchev–Trinajstić information content (AvgIpc) is 2.44. The van der Waals surface area contributed by atoms with Crippen LogP contribution in [0.4, 0.5) is 0 Å².